The Balaban J connectivity index is 1.39. The van der Waals surface area contributed by atoms with Crippen molar-refractivity contribution < 1.29 is 9.53 Å². The summed E-state index contributed by atoms with van der Waals surface area (Å²) < 4.78 is 5.52. The lowest BCUT2D eigenvalue weighted by molar-refractivity contribution is 0.103. The van der Waals surface area contributed by atoms with Crippen LogP contribution in [0.15, 0.2) is 60.7 Å². The Morgan fingerprint density at radius 2 is 1.81 bits per heavy atom. The summed E-state index contributed by atoms with van der Waals surface area (Å²) in [4.78, 5) is 20.4. The molecule has 0 spiro atoms. The van der Waals surface area contributed by atoms with E-state index < -0.39 is 0 Å². The first-order chi connectivity index (χ1) is 15.7. The number of nitrogens with one attached hydrogen (secondary N) is 2. The van der Waals surface area contributed by atoms with E-state index in [0.717, 1.165) is 46.3 Å². The number of nitrogens with zero attached hydrogens (tertiary/aromatic N) is 3. The largest absolute Gasteiger partial charge is 0.378 e. The summed E-state index contributed by atoms with van der Waals surface area (Å²) in [6, 6.07) is 19.7. The topological polar surface area (TPSA) is 83.1 Å². The molecule has 2 N–H and O–H groups in total. The van der Waals surface area contributed by atoms with E-state index in [0.29, 0.717) is 23.9 Å². The molecule has 162 valence electrons. The van der Waals surface area contributed by atoms with Crippen molar-refractivity contribution in [2.45, 2.75) is 6.92 Å². The van der Waals surface area contributed by atoms with E-state index in [1.807, 2.05) is 55.5 Å². The molecule has 1 amide bonds. The minimum Gasteiger partial charge on any atom is -0.378 e. The number of amides is 1. The molecular weight excluding hydrogens is 422 g/mol. The van der Waals surface area contributed by atoms with Crippen LogP contribution in [0.1, 0.15) is 15.5 Å². The molecule has 4 aromatic rings. The first-order valence-electron chi connectivity index (χ1n) is 10.5. The summed E-state index contributed by atoms with van der Waals surface area (Å²) in [7, 11) is 0. The van der Waals surface area contributed by atoms with Crippen LogP contribution in [0.25, 0.3) is 22.5 Å². The predicted molar refractivity (Wildman–Crippen MR) is 127 cm³/mol. The van der Waals surface area contributed by atoms with E-state index in [1.54, 1.807) is 0 Å². The molecular formula is C24H23N5O2S. The fraction of sp³-hybridized carbons (Fsp3) is 0.208. The maximum absolute atomic E-state index is 13.1. The Kier molecular flexibility index (Phi) is 5.70. The Bertz CT molecular complexity index is 1210. The first-order valence-corrected chi connectivity index (χ1v) is 11.3. The molecule has 2 aromatic heterocycles. The maximum atomic E-state index is 13.1. The summed E-state index contributed by atoms with van der Waals surface area (Å²) in [5.74, 6) is 1.29. The second-order valence-corrected chi connectivity index (χ2v) is 8.60. The highest BCUT2D eigenvalue weighted by atomic mass is 32.1. The van der Waals surface area contributed by atoms with Crippen LogP contribution in [-0.2, 0) is 4.74 Å². The number of H-pyrrole nitrogens is 1. The molecule has 1 aliphatic heterocycles. The molecule has 0 atom stereocenters. The quantitative estimate of drug-likeness (QED) is 0.469. The molecule has 7 nitrogen and oxygen atoms in total. The van der Waals surface area contributed by atoms with Crippen LogP contribution in [-0.4, -0.2) is 47.4 Å². The van der Waals surface area contributed by atoms with Gasteiger partial charge in [0.05, 0.1) is 23.1 Å². The second-order valence-electron chi connectivity index (χ2n) is 7.57. The monoisotopic (exact) mass is 445 g/mol. The molecule has 0 radical (unpaired) electrons. The van der Waals surface area contributed by atoms with E-state index in [9.17, 15) is 4.79 Å². The smallest absolute Gasteiger partial charge is 0.265 e. The average molecular weight is 446 g/mol. The fourth-order valence-corrected chi connectivity index (χ4v) is 4.81. The van der Waals surface area contributed by atoms with Crippen molar-refractivity contribution in [3.05, 3.63) is 71.4 Å². The van der Waals surface area contributed by atoms with E-state index in [2.05, 4.69) is 37.5 Å². The second kappa shape index (κ2) is 8.94. The van der Waals surface area contributed by atoms with Gasteiger partial charge < -0.3 is 15.0 Å². The summed E-state index contributed by atoms with van der Waals surface area (Å²) in [6.07, 6.45) is 0. The van der Waals surface area contributed by atoms with Crippen molar-refractivity contribution in [1.29, 1.82) is 0 Å². The zero-order valence-corrected chi connectivity index (χ0v) is 18.5. The molecule has 1 saturated heterocycles. The van der Waals surface area contributed by atoms with Crippen molar-refractivity contribution in [1.82, 2.24) is 15.2 Å². The van der Waals surface area contributed by atoms with Gasteiger partial charge in [-0.05, 0) is 42.8 Å². The zero-order valence-electron chi connectivity index (χ0n) is 17.7. The van der Waals surface area contributed by atoms with Crippen LogP contribution < -0.4 is 10.2 Å². The molecule has 5 rings (SSSR count). The van der Waals surface area contributed by atoms with Gasteiger partial charge in [0.2, 0.25) is 0 Å². The lowest BCUT2D eigenvalue weighted by Crippen LogP contribution is -2.35. The normalized spacial score (nSPS) is 13.8. The van der Waals surface area contributed by atoms with Gasteiger partial charge in [0.15, 0.2) is 5.82 Å². The van der Waals surface area contributed by atoms with E-state index in [-0.39, 0.29) is 5.91 Å². The number of aromatic amines is 1. The number of thiophene rings is 1. The molecule has 3 heterocycles. The number of ether oxygens (including phenoxy) is 1. The number of aryl methyl sites for hydroxylation is 1. The van der Waals surface area contributed by atoms with Crippen LogP contribution in [0.2, 0.25) is 0 Å². The zero-order chi connectivity index (χ0) is 21.9. The SMILES string of the molecule is Cc1nc(-c2ccc(NC(=O)c3cc(-c4ccccc4)c(N4CCOCC4)s3)cc2)n[nH]1. The summed E-state index contributed by atoms with van der Waals surface area (Å²) >= 11 is 1.53. The number of anilines is 2. The van der Waals surface area contributed by atoms with Gasteiger partial charge in [0.1, 0.15) is 5.82 Å². The summed E-state index contributed by atoms with van der Waals surface area (Å²) in [6.45, 7) is 4.91. The molecule has 0 saturated carbocycles. The van der Waals surface area contributed by atoms with Crippen molar-refractivity contribution in [2.75, 3.05) is 36.5 Å². The van der Waals surface area contributed by atoms with Crippen molar-refractivity contribution in [3.8, 4) is 22.5 Å². The van der Waals surface area contributed by atoms with Gasteiger partial charge in [0, 0.05) is 29.9 Å². The third-order valence-electron chi connectivity index (χ3n) is 5.32. The van der Waals surface area contributed by atoms with Gasteiger partial charge in [-0.15, -0.1) is 11.3 Å². The number of rotatable bonds is 5. The van der Waals surface area contributed by atoms with Crippen LogP contribution in [0.3, 0.4) is 0 Å². The fourth-order valence-electron chi connectivity index (χ4n) is 3.69. The van der Waals surface area contributed by atoms with E-state index in [4.69, 9.17) is 4.74 Å². The highest BCUT2D eigenvalue weighted by Gasteiger charge is 2.22. The minimum atomic E-state index is -0.117. The molecule has 0 aliphatic carbocycles. The lowest BCUT2D eigenvalue weighted by Gasteiger charge is -2.28. The number of hydrogen-bond acceptors (Lipinski definition) is 6. The number of carbonyl (C=O) groups is 1. The standard InChI is InChI=1S/C24H23N5O2S/c1-16-25-22(28-27-16)18-7-9-19(10-8-18)26-23(30)21-15-20(17-5-3-2-4-6-17)24(32-21)29-11-13-31-14-12-29/h2-10,15H,11-14H2,1H3,(H,26,30)(H,25,27,28). The van der Waals surface area contributed by atoms with Crippen molar-refractivity contribution >= 4 is 27.9 Å². The van der Waals surface area contributed by atoms with Crippen LogP contribution in [0, 0.1) is 6.92 Å². The third-order valence-corrected chi connectivity index (χ3v) is 6.51. The molecule has 0 unspecified atom stereocenters. The van der Waals surface area contributed by atoms with Crippen LogP contribution in [0.5, 0.6) is 0 Å². The predicted octanol–water partition coefficient (Wildman–Crippen LogP) is 4.60. The molecule has 8 heteroatoms. The van der Waals surface area contributed by atoms with Crippen molar-refractivity contribution in [2.24, 2.45) is 0 Å². The van der Waals surface area contributed by atoms with E-state index >= 15 is 0 Å². The van der Waals surface area contributed by atoms with Crippen molar-refractivity contribution in [3.63, 3.8) is 0 Å². The minimum absolute atomic E-state index is 0.117. The number of aromatic nitrogens is 3. The molecule has 1 fully saturated rings. The van der Waals surface area contributed by atoms with Crippen LogP contribution >= 0.6 is 11.3 Å². The number of morpholine rings is 1. The highest BCUT2D eigenvalue weighted by molar-refractivity contribution is 7.18. The molecule has 0 bridgehead atoms. The Morgan fingerprint density at radius 1 is 1.06 bits per heavy atom. The Labute approximate surface area is 190 Å². The Hall–Kier alpha value is -3.49. The number of benzene rings is 2. The van der Waals surface area contributed by atoms with Crippen LogP contribution in [0.4, 0.5) is 10.7 Å². The average Bonchev–Trinajstić information content (AvgIpc) is 3.48. The summed E-state index contributed by atoms with van der Waals surface area (Å²) in [5.41, 5.74) is 3.81. The maximum Gasteiger partial charge on any atom is 0.265 e. The summed E-state index contributed by atoms with van der Waals surface area (Å²) in [5, 5.41) is 11.1. The highest BCUT2D eigenvalue weighted by Crippen LogP contribution is 2.39. The van der Waals surface area contributed by atoms with Gasteiger partial charge >= 0.3 is 0 Å². The molecule has 2 aromatic carbocycles. The van der Waals surface area contributed by atoms with Gasteiger partial charge in [-0.2, -0.15) is 5.10 Å². The third kappa shape index (κ3) is 4.28. The molecule has 1 aliphatic rings. The molecule has 32 heavy (non-hydrogen) atoms. The number of hydrogen-bond donors (Lipinski definition) is 2. The van der Waals surface area contributed by atoms with Gasteiger partial charge in [-0.25, -0.2) is 4.98 Å². The van der Waals surface area contributed by atoms with Gasteiger partial charge in [-0.3, -0.25) is 9.89 Å². The van der Waals surface area contributed by atoms with E-state index in [1.165, 1.54) is 11.3 Å². The number of carbonyl (C=O) groups excluding carboxylic acids is 1. The Morgan fingerprint density at radius 3 is 2.50 bits per heavy atom. The van der Waals surface area contributed by atoms with Gasteiger partial charge in [0.25, 0.3) is 5.91 Å². The lowest BCUT2D eigenvalue weighted by atomic mass is 10.1. The first kappa shape index (κ1) is 20.4. The van der Waals surface area contributed by atoms with Gasteiger partial charge in [-0.1, -0.05) is 30.3 Å².